The Morgan fingerprint density at radius 1 is 0.967 bits per heavy atom. The Bertz CT molecular complexity index is 1510. The molecule has 0 radical (unpaired) electrons. The van der Waals surface area contributed by atoms with E-state index in [9.17, 15) is 0 Å². The van der Waals surface area contributed by atoms with Crippen LogP contribution in [0.3, 0.4) is 0 Å². The number of aromatic amines is 3. The summed E-state index contributed by atoms with van der Waals surface area (Å²) in [6, 6.07) is 14.3. The molecule has 8 nitrogen and oxygen atoms in total. The van der Waals surface area contributed by atoms with E-state index >= 15 is 0 Å². The lowest BCUT2D eigenvalue weighted by atomic mass is 10.0. The molecule has 0 aliphatic rings. The van der Waals surface area contributed by atoms with Gasteiger partial charge in [0.05, 0.1) is 22.9 Å². The van der Waals surface area contributed by atoms with Crippen LogP contribution in [0.2, 0.25) is 0 Å². The minimum absolute atomic E-state index is 0.626. The third kappa shape index (κ3) is 2.58. The average molecular weight is 392 g/mol. The first-order valence-electron chi connectivity index (χ1n) is 9.53. The Kier molecular flexibility index (Phi) is 3.51. The van der Waals surface area contributed by atoms with Gasteiger partial charge in [-0.1, -0.05) is 29.8 Å². The fraction of sp³-hybridized carbons (Fsp3) is 0.0455. The monoisotopic (exact) mass is 392 g/mol. The lowest BCUT2D eigenvalue weighted by Crippen LogP contribution is -1.86. The fourth-order valence-electron chi connectivity index (χ4n) is 3.69. The maximum atomic E-state index is 4.78. The maximum Gasteiger partial charge on any atom is 0.178 e. The second-order valence-corrected chi connectivity index (χ2v) is 7.16. The predicted molar refractivity (Wildman–Crippen MR) is 115 cm³/mol. The van der Waals surface area contributed by atoms with E-state index < -0.39 is 0 Å². The zero-order valence-corrected chi connectivity index (χ0v) is 16.0. The van der Waals surface area contributed by atoms with Crippen LogP contribution < -0.4 is 0 Å². The minimum atomic E-state index is 0.626. The van der Waals surface area contributed by atoms with Crippen LogP contribution in [0.15, 0.2) is 61.1 Å². The third-order valence-corrected chi connectivity index (χ3v) is 5.15. The number of imidazole rings is 1. The van der Waals surface area contributed by atoms with Gasteiger partial charge < -0.3 is 4.98 Å². The fourth-order valence-corrected chi connectivity index (χ4v) is 3.69. The molecule has 6 aromatic rings. The molecular weight excluding hydrogens is 376 g/mol. The summed E-state index contributed by atoms with van der Waals surface area (Å²) in [6.45, 7) is 2.08. The predicted octanol–water partition coefficient (Wildman–Crippen LogP) is 4.26. The van der Waals surface area contributed by atoms with E-state index in [-0.39, 0.29) is 0 Å². The number of rotatable bonds is 3. The summed E-state index contributed by atoms with van der Waals surface area (Å²) in [6.07, 6.45) is 5.34. The normalized spacial score (nSPS) is 11.5. The summed E-state index contributed by atoms with van der Waals surface area (Å²) >= 11 is 0. The van der Waals surface area contributed by atoms with Crippen LogP contribution in [-0.2, 0) is 0 Å². The third-order valence-electron chi connectivity index (χ3n) is 5.15. The molecule has 0 fully saturated rings. The summed E-state index contributed by atoms with van der Waals surface area (Å²) < 4.78 is 0. The highest BCUT2D eigenvalue weighted by Gasteiger charge is 2.17. The van der Waals surface area contributed by atoms with Crippen LogP contribution in [0.1, 0.15) is 5.56 Å². The maximum absolute atomic E-state index is 4.78. The number of nitrogens with one attached hydrogen (secondary N) is 3. The van der Waals surface area contributed by atoms with Crippen molar-refractivity contribution >= 4 is 22.2 Å². The van der Waals surface area contributed by atoms with Gasteiger partial charge >= 0.3 is 0 Å². The van der Waals surface area contributed by atoms with Crippen molar-refractivity contribution < 1.29 is 0 Å². The molecule has 0 saturated heterocycles. The van der Waals surface area contributed by atoms with Gasteiger partial charge in [-0.3, -0.25) is 10.2 Å². The zero-order valence-electron chi connectivity index (χ0n) is 16.0. The largest absolute Gasteiger partial charge is 0.335 e. The molecule has 0 spiro atoms. The quantitative estimate of drug-likeness (QED) is 0.417. The van der Waals surface area contributed by atoms with Gasteiger partial charge in [0.15, 0.2) is 17.2 Å². The van der Waals surface area contributed by atoms with E-state index in [1.54, 1.807) is 12.4 Å². The molecule has 0 bridgehead atoms. The van der Waals surface area contributed by atoms with Gasteiger partial charge in [0.1, 0.15) is 5.52 Å². The number of pyridine rings is 2. The second-order valence-electron chi connectivity index (χ2n) is 7.16. The molecule has 8 heteroatoms. The van der Waals surface area contributed by atoms with Crippen molar-refractivity contribution in [3.8, 4) is 33.9 Å². The Morgan fingerprint density at radius 2 is 1.93 bits per heavy atom. The van der Waals surface area contributed by atoms with E-state index in [0.29, 0.717) is 17.2 Å². The summed E-state index contributed by atoms with van der Waals surface area (Å²) in [5, 5.41) is 14.3. The average Bonchev–Trinajstić information content (AvgIpc) is 3.51. The molecule has 5 heterocycles. The number of hydrogen-bond donors (Lipinski definition) is 3. The zero-order chi connectivity index (χ0) is 20.1. The van der Waals surface area contributed by atoms with Gasteiger partial charge in [0.25, 0.3) is 0 Å². The van der Waals surface area contributed by atoms with Crippen LogP contribution in [0, 0.1) is 6.92 Å². The molecule has 3 N–H and O–H groups in total. The van der Waals surface area contributed by atoms with E-state index in [2.05, 4.69) is 61.6 Å². The lowest BCUT2D eigenvalue weighted by molar-refractivity contribution is 1.09. The Balaban J connectivity index is 1.53. The summed E-state index contributed by atoms with van der Waals surface area (Å²) in [5.74, 6) is 0.626. The molecule has 0 saturated carbocycles. The van der Waals surface area contributed by atoms with Gasteiger partial charge in [0, 0.05) is 23.5 Å². The van der Waals surface area contributed by atoms with Crippen molar-refractivity contribution in [2.24, 2.45) is 0 Å². The highest BCUT2D eigenvalue weighted by molar-refractivity contribution is 5.94. The molecule has 30 heavy (non-hydrogen) atoms. The van der Waals surface area contributed by atoms with E-state index in [4.69, 9.17) is 9.97 Å². The van der Waals surface area contributed by atoms with Crippen molar-refractivity contribution in [2.45, 2.75) is 6.92 Å². The van der Waals surface area contributed by atoms with Crippen LogP contribution in [0.25, 0.3) is 56.1 Å². The van der Waals surface area contributed by atoms with Gasteiger partial charge in [-0.2, -0.15) is 10.2 Å². The molecule has 144 valence electrons. The molecule has 0 aliphatic carbocycles. The number of fused-ring (bicyclic) bond motifs is 2. The van der Waals surface area contributed by atoms with Crippen LogP contribution in [-0.4, -0.2) is 40.3 Å². The highest BCUT2D eigenvalue weighted by Crippen LogP contribution is 2.31. The van der Waals surface area contributed by atoms with Crippen molar-refractivity contribution in [1.29, 1.82) is 0 Å². The van der Waals surface area contributed by atoms with Crippen molar-refractivity contribution in [1.82, 2.24) is 40.3 Å². The van der Waals surface area contributed by atoms with Crippen molar-refractivity contribution in [3.63, 3.8) is 0 Å². The highest BCUT2D eigenvalue weighted by atomic mass is 15.2. The first-order chi connectivity index (χ1) is 14.8. The van der Waals surface area contributed by atoms with E-state index in [0.717, 1.165) is 38.9 Å². The molecule has 5 aromatic heterocycles. The first kappa shape index (κ1) is 16.6. The number of H-pyrrole nitrogens is 3. The SMILES string of the molecule is Cc1cccc(-c2ccnc3nc(-c4n[nH]c5ccc(-c6cn[nH]c6)nc45)[nH]c23)c1. The van der Waals surface area contributed by atoms with Crippen molar-refractivity contribution in [2.75, 3.05) is 0 Å². The van der Waals surface area contributed by atoms with Crippen molar-refractivity contribution in [3.05, 3.63) is 66.6 Å². The Labute approximate surface area is 170 Å². The van der Waals surface area contributed by atoms with Gasteiger partial charge in [-0.15, -0.1) is 0 Å². The van der Waals surface area contributed by atoms with Crippen LogP contribution in [0.5, 0.6) is 0 Å². The van der Waals surface area contributed by atoms with Crippen LogP contribution in [0.4, 0.5) is 0 Å². The molecule has 1 aromatic carbocycles. The number of aryl methyl sites for hydroxylation is 1. The minimum Gasteiger partial charge on any atom is -0.335 e. The molecule has 0 unspecified atom stereocenters. The molecular formula is C22H16N8. The molecule has 0 aliphatic heterocycles. The summed E-state index contributed by atoms with van der Waals surface area (Å²) in [7, 11) is 0. The Hall–Kier alpha value is -4.33. The van der Waals surface area contributed by atoms with E-state index in [1.807, 2.05) is 24.4 Å². The van der Waals surface area contributed by atoms with Gasteiger partial charge in [-0.25, -0.2) is 15.0 Å². The topological polar surface area (TPSA) is 112 Å². The number of benzene rings is 1. The van der Waals surface area contributed by atoms with Gasteiger partial charge in [-0.05, 0) is 30.7 Å². The van der Waals surface area contributed by atoms with E-state index in [1.165, 1.54) is 5.56 Å². The smallest absolute Gasteiger partial charge is 0.178 e. The number of nitrogens with zero attached hydrogens (tertiary/aromatic N) is 5. The number of hydrogen-bond acceptors (Lipinski definition) is 5. The molecule has 6 rings (SSSR count). The lowest BCUT2D eigenvalue weighted by Gasteiger charge is -2.03. The summed E-state index contributed by atoms with van der Waals surface area (Å²) in [5.41, 5.74) is 8.85. The first-order valence-corrected chi connectivity index (χ1v) is 9.53. The van der Waals surface area contributed by atoms with Crippen LogP contribution >= 0.6 is 0 Å². The standard InChI is InChI=1S/C22H16N8/c1-12-3-2-4-13(9-12)15-7-8-23-21-18(15)27-22(28-21)20-19-17(29-30-20)6-5-16(26-19)14-10-24-25-11-14/h2-11H,1H3,(H,24,25)(H,29,30)(H,23,27,28). The van der Waals surface area contributed by atoms with Gasteiger partial charge in [0.2, 0.25) is 0 Å². The second kappa shape index (κ2) is 6.35. The Morgan fingerprint density at radius 3 is 2.80 bits per heavy atom. The molecule has 0 amide bonds. The molecule has 0 atom stereocenters. The summed E-state index contributed by atoms with van der Waals surface area (Å²) in [4.78, 5) is 17.3. The number of aromatic nitrogens is 8.